The third-order valence-corrected chi connectivity index (χ3v) is 6.46. The molecule has 2 aliphatic heterocycles. The highest BCUT2D eigenvalue weighted by atomic mass is 16.5. The maximum atomic E-state index is 5.84. The number of hydrogen-bond acceptors (Lipinski definition) is 4. The van der Waals surface area contributed by atoms with E-state index in [1.807, 2.05) is 18.2 Å². The van der Waals surface area contributed by atoms with Crippen LogP contribution in [0.3, 0.4) is 0 Å². The first kappa shape index (κ1) is 19.5. The molecule has 2 aromatic rings. The Bertz CT molecular complexity index is 862. The zero-order valence-electron chi connectivity index (χ0n) is 17.7. The molecule has 3 atom stereocenters. The molecule has 30 heavy (non-hydrogen) atoms. The van der Waals surface area contributed by atoms with Crippen molar-refractivity contribution in [2.45, 2.75) is 63.2 Å². The summed E-state index contributed by atoms with van der Waals surface area (Å²) in [6.07, 6.45) is 7.35. The summed E-state index contributed by atoms with van der Waals surface area (Å²) in [5.74, 6) is 2.85. The molecule has 1 aliphatic carbocycles. The van der Waals surface area contributed by atoms with Crippen molar-refractivity contribution < 1.29 is 9.15 Å². The zero-order chi connectivity index (χ0) is 20.3. The number of benzene rings is 1. The molecule has 6 nitrogen and oxygen atoms in total. The molecule has 0 bridgehead atoms. The number of guanidine groups is 1. The van der Waals surface area contributed by atoms with Gasteiger partial charge in [-0.3, -0.25) is 9.89 Å². The van der Waals surface area contributed by atoms with Gasteiger partial charge in [0.25, 0.3) is 0 Å². The van der Waals surface area contributed by atoms with Crippen LogP contribution in [0.25, 0.3) is 0 Å². The summed E-state index contributed by atoms with van der Waals surface area (Å²) >= 11 is 0. The Morgan fingerprint density at radius 3 is 2.87 bits per heavy atom. The number of rotatable bonds is 6. The zero-order valence-corrected chi connectivity index (χ0v) is 17.7. The fourth-order valence-corrected chi connectivity index (χ4v) is 4.79. The van der Waals surface area contributed by atoms with Crippen LogP contribution in [0.5, 0.6) is 5.75 Å². The first-order chi connectivity index (χ1) is 14.8. The molecule has 6 heteroatoms. The highest BCUT2D eigenvalue weighted by Gasteiger charge is 2.39. The Kier molecular flexibility index (Phi) is 5.67. The van der Waals surface area contributed by atoms with E-state index in [1.54, 1.807) is 6.26 Å². The lowest BCUT2D eigenvalue weighted by Crippen LogP contribution is -2.46. The summed E-state index contributed by atoms with van der Waals surface area (Å²) in [6, 6.07) is 14.4. The second-order valence-corrected chi connectivity index (χ2v) is 8.79. The molecule has 5 rings (SSSR count). The number of nitrogens with zero attached hydrogens (tertiary/aromatic N) is 2. The molecule has 3 heterocycles. The molecular weight excluding hydrogens is 376 g/mol. The van der Waals surface area contributed by atoms with E-state index in [9.17, 15) is 0 Å². The van der Waals surface area contributed by atoms with E-state index in [-0.39, 0.29) is 6.04 Å². The minimum atomic E-state index is 0.211. The molecular formula is C24H32N4O2. The summed E-state index contributed by atoms with van der Waals surface area (Å²) < 4.78 is 11.3. The molecule has 1 saturated heterocycles. The van der Waals surface area contributed by atoms with Gasteiger partial charge in [-0.2, -0.15) is 0 Å². The fraction of sp³-hybridized carbons (Fsp3) is 0.542. The van der Waals surface area contributed by atoms with Crippen molar-refractivity contribution in [1.29, 1.82) is 0 Å². The standard InChI is InChI=1S/C24H32N4O2/c1-17-15-18(16-28(17)19-8-9-19)26-24(25-12-10-20-5-4-13-29-20)27-22-11-14-30-23-7-3-2-6-21(22)23/h2-7,13,17-19,22H,8-12,14-16H2,1H3,(H2,25,26,27). The Hall–Kier alpha value is -2.47. The van der Waals surface area contributed by atoms with Crippen molar-refractivity contribution in [3.8, 4) is 5.75 Å². The third kappa shape index (κ3) is 4.48. The van der Waals surface area contributed by atoms with Crippen molar-refractivity contribution in [2.75, 3.05) is 19.7 Å². The van der Waals surface area contributed by atoms with Gasteiger partial charge < -0.3 is 19.8 Å². The van der Waals surface area contributed by atoms with Gasteiger partial charge in [0, 0.05) is 49.6 Å². The smallest absolute Gasteiger partial charge is 0.192 e. The summed E-state index contributed by atoms with van der Waals surface area (Å²) in [7, 11) is 0. The highest BCUT2D eigenvalue weighted by Crippen LogP contribution is 2.34. The SMILES string of the molecule is CC1CC(NC(=NCCc2ccco2)NC2CCOc3ccccc32)CN1C1CC1. The van der Waals surface area contributed by atoms with Crippen molar-refractivity contribution in [2.24, 2.45) is 4.99 Å². The van der Waals surface area contributed by atoms with Crippen molar-refractivity contribution >= 4 is 5.96 Å². The first-order valence-electron chi connectivity index (χ1n) is 11.3. The molecule has 0 radical (unpaired) electrons. The summed E-state index contributed by atoms with van der Waals surface area (Å²) in [5.41, 5.74) is 1.21. The number of fused-ring (bicyclic) bond motifs is 1. The number of likely N-dealkylation sites (tertiary alicyclic amines) is 1. The molecule has 3 unspecified atom stereocenters. The molecule has 3 aliphatic rings. The van der Waals surface area contributed by atoms with Gasteiger partial charge in [-0.25, -0.2) is 0 Å². The molecule has 1 saturated carbocycles. The second kappa shape index (κ2) is 8.72. The number of para-hydroxylation sites is 1. The molecule has 160 valence electrons. The number of nitrogens with one attached hydrogen (secondary N) is 2. The third-order valence-electron chi connectivity index (χ3n) is 6.46. The monoisotopic (exact) mass is 408 g/mol. The van der Waals surface area contributed by atoms with Crippen LogP contribution in [0.4, 0.5) is 0 Å². The van der Waals surface area contributed by atoms with Crippen LogP contribution < -0.4 is 15.4 Å². The van der Waals surface area contributed by atoms with Gasteiger partial charge in [0.2, 0.25) is 0 Å². The maximum absolute atomic E-state index is 5.84. The molecule has 2 N–H and O–H groups in total. The quantitative estimate of drug-likeness (QED) is 0.566. The Labute approximate surface area is 178 Å². The predicted octanol–water partition coefficient (Wildman–Crippen LogP) is 3.51. The van der Waals surface area contributed by atoms with Gasteiger partial charge in [0.05, 0.1) is 18.9 Å². The molecule has 0 amide bonds. The van der Waals surface area contributed by atoms with Gasteiger partial charge in [0.1, 0.15) is 11.5 Å². The maximum Gasteiger partial charge on any atom is 0.192 e. The lowest BCUT2D eigenvalue weighted by atomic mass is 10.0. The van der Waals surface area contributed by atoms with E-state index in [4.69, 9.17) is 14.1 Å². The van der Waals surface area contributed by atoms with E-state index in [0.717, 1.165) is 49.5 Å². The van der Waals surface area contributed by atoms with E-state index in [2.05, 4.69) is 40.7 Å². The summed E-state index contributed by atoms with van der Waals surface area (Å²) in [4.78, 5) is 7.58. The van der Waals surface area contributed by atoms with Gasteiger partial charge in [0.15, 0.2) is 5.96 Å². The normalized spacial score (nSPS) is 26.8. The average molecular weight is 409 g/mol. The van der Waals surface area contributed by atoms with E-state index < -0.39 is 0 Å². The topological polar surface area (TPSA) is 62.0 Å². The number of hydrogen-bond donors (Lipinski definition) is 2. The molecule has 2 fully saturated rings. The Balaban J connectivity index is 1.28. The van der Waals surface area contributed by atoms with Crippen LogP contribution in [-0.2, 0) is 6.42 Å². The van der Waals surface area contributed by atoms with Crippen LogP contribution >= 0.6 is 0 Å². The number of ether oxygens (including phenoxy) is 1. The fourth-order valence-electron chi connectivity index (χ4n) is 4.79. The second-order valence-electron chi connectivity index (χ2n) is 8.79. The number of aliphatic imine (C=N–C) groups is 1. The first-order valence-corrected chi connectivity index (χ1v) is 11.3. The summed E-state index contributed by atoms with van der Waals surface area (Å²) in [6.45, 7) is 4.89. The minimum absolute atomic E-state index is 0.211. The Morgan fingerprint density at radius 2 is 2.03 bits per heavy atom. The van der Waals surface area contributed by atoms with Crippen LogP contribution in [0.1, 0.15) is 50.0 Å². The van der Waals surface area contributed by atoms with E-state index in [1.165, 1.54) is 24.8 Å². The molecule has 1 aromatic carbocycles. The largest absolute Gasteiger partial charge is 0.493 e. The minimum Gasteiger partial charge on any atom is -0.493 e. The lowest BCUT2D eigenvalue weighted by molar-refractivity contribution is 0.255. The van der Waals surface area contributed by atoms with E-state index in [0.29, 0.717) is 18.6 Å². The Morgan fingerprint density at radius 1 is 1.13 bits per heavy atom. The summed E-state index contributed by atoms with van der Waals surface area (Å²) in [5, 5.41) is 7.45. The highest BCUT2D eigenvalue weighted by molar-refractivity contribution is 5.81. The van der Waals surface area contributed by atoms with Crippen molar-refractivity contribution in [3.05, 3.63) is 54.0 Å². The van der Waals surface area contributed by atoms with Crippen molar-refractivity contribution in [3.63, 3.8) is 0 Å². The van der Waals surface area contributed by atoms with Crippen LogP contribution in [-0.4, -0.2) is 48.7 Å². The van der Waals surface area contributed by atoms with Crippen LogP contribution in [0.2, 0.25) is 0 Å². The van der Waals surface area contributed by atoms with Gasteiger partial charge in [-0.15, -0.1) is 0 Å². The van der Waals surface area contributed by atoms with Gasteiger partial charge in [-0.05, 0) is 44.4 Å². The molecule has 0 spiro atoms. The predicted molar refractivity (Wildman–Crippen MR) is 118 cm³/mol. The lowest BCUT2D eigenvalue weighted by Gasteiger charge is -2.29. The van der Waals surface area contributed by atoms with E-state index >= 15 is 0 Å². The molecule has 1 aromatic heterocycles. The van der Waals surface area contributed by atoms with Crippen LogP contribution in [0.15, 0.2) is 52.1 Å². The average Bonchev–Trinajstić information content (AvgIpc) is 3.34. The van der Waals surface area contributed by atoms with Gasteiger partial charge >= 0.3 is 0 Å². The van der Waals surface area contributed by atoms with Crippen molar-refractivity contribution in [1.82, 2.24) is 15.5 Å². The van der Waals surface area contributed by atoms with Crippen LogP contribution in [0, 0.1) is 0 Å². The number of furan rings is 1. The van der Waals surface area contributed by atoms with Gasteiger partial charge in [-0.1, -0.05) is 18.2 Å².